The molecule has 0 radical (unpaired) electrons. The highest BCUT2D eigenvalue weighted by atomic mass is 19.2. The molecule has 0 saturated heterocycles. The molecule has 1 atom stereocenters. The van der Waals surface area contributed by atoms with Crippen molar-refractivity contribution >= 4 is 28.6 Å². The van der Waals surface area contributed by atoms with Crippen LogP contribution in [-0.4, -0.2) is 22.6 Å². The molecule has 28 heavy (non-hydrogen) atoms. The Morgan fingerprint density at radius 1 is 1.11 bits per heavy atom. The van der Waals surface area contributed by atoms with Crippen LogP contribution in [0.5, 0.6) is 5.75 Å². The first kappa shape index (κ1) is 17.8. The van der Waals surface area contributed by atoms with Gasteiger partial charge in [0.05, 0.1) is 5.52 Å². The van der Waals surface area contributed by atoms with Gasteiger partial charge in [0.15, 0.2) is 11.6 Å². The molecule has 1 unspecified atom stereocenters. The van der Waals surface area contributed by atoms with Crippen LogP contribution in [-0.2, 0) is 11.2 Å². The van der Waals surface area contributed by atoms with Crippen LogP contribution >= 0.6 is 0 Å². The molecular formula is C18H11F4N3O3. The number of nitrogens with zero attached hydrogens (tertiary/aromatic N) is 1. The maximum absolute atomic E-state index is 13.7. The largest absolute Gasteiger partial charge is 0.418 e. The molecular weight excluding hydrogens is 382 g/mol. The molecule has 0 bridgehead atoms. The highest BCUT2D eigenvalue weighted by Crippen LogP contribution is 2.34. The van der Waals surface area contributed by atoms with E-state index in [0.29, 0.717) is 22.2 Å². The van der Waals surface area contributed by atoms with E-state index < -0.39 is 47.1 Å². The number of hydrogen-bond donors (Lipinski definition) is 2. The van der Waals surface area contributed by atoms with Crippen molar-refractivity contribution in [2.24, 2.45) is 5.73 Å². The highest BCUT2D eigenvalue weighted by molar-refractivity contribution is 5.97. The number of carbonyl (C=O) groups is 2. The number of carbonyl (C=O) groups excluding carboxylic acids is 2. The molecule has 0 saturated carbocycles. The minimum atomic E-state index is -1.80. The lowest BCUT2D eigenvalue weighted by Gasteiger charge is -2.12. The standard InChI is InChI=1S/C18H11F4N3O3/c19-9-6-10(20)15(22)16(14(9)21)28-17(26)12-5-8-7-3-4-25(18(23)27)13(7)2-1-11(8)24-12/h1-4,6,12,24H,5H2,(H2,23,27). The fourth-order valence-electron chi connectivity index (χ4n) is 3.22. The van der Waals surface area contributed by atoms with Crippen LogP contribution in [0.1, 0.15) is 5.56 Å². The van der Waals surface area contributed by atoms with Gasteiger partial charge in [-0.05, 0) is 23.8 Å². The van der Waals surface area contributed by atoms with Crippen LogP contribution in [0.3, 0.4) is 0 Å². The van der Waals surface area contributed by atoms with Gasteiger partial charge in [0.1, 0.15) is 6.04 Å². The quantitative estimate of drug-likeness (QED) is 0.303. The van der Waals surface area contributed by atoms with Crippen LogP contribution in [0.15, 0.2) is 30.5 Å². The summed E-state index contributed by atoms with van der Waals surface area (Å²) in [5, 5.41) is 3.47. The molecule has 1 aromatic heterocycles. The zero-order chi connectivity index (χ0) is 20.2. The van der Waals surface area contributed by atoms with Gasteiger partial charge in [0.2, 0.25) is 17.4 Å². The van der Waals surface area contributed by atoms with Crippen LogP contribution in [0.25, 0.3) is 10.9 Å². The lowest BCUT2D eigenvalue weighted by Crippen LogP contribution is -2.32. The zero-order valence-electron chi connectivity index (χ0n) is 13.9. The number of benzene rings is 2. The molecule has 1 aliphatic heterocycles. The molecule has 2 aromatic carbocycles. The number of esters is 1. The van der Waals surface area contributed by atoms with Gasteiger partial charge >= 0.3 is 12.0 Å². The summed E-state index contributed by atoms with van der Waals surface area (Å²) in [4.78, 5) is 23.8. The first-order valence-corrected chi connectivity index (χ1v) is 8.02. The molecule has 6 nitrogen and oxygen atoms in total. The van der Waals surface area contributed by atoms with Gasteiger partial charge in [-0.15, -0.1) is 0 Å². The summed E-state index contributed by atoms with van der Waals surface area (Å²) < 4.78 is 59.8. The zero-order valence-corrected chi connectivity index (χ0v) is 13.9. The van der Waals surface area contributed by atoms with Gasteiger partial charge in [-0.2, -0.15) is 8.78 Å². The van der Waals surface area contributed by atoms with Crippen LogP contribution < -0.4 is 15.8 Å². The van der Waals surface area contributed by atoms with Gasteiger partial charge in [-0.3, -0.25) is 4.57 Å². The lowest BCUT2D eigenvalue weighted by atomic mass is 10.1. The van der Waals surface area contributed by atoms with E-state index in [2.05, 4.69) is 10.1 Å². The molecule has 4 rings (SSSR count). The monoisotopic (exact) mass is 393 g/mol. The van der Waals surface area contributed by atoms with Gasteiger partial charge in [0.25, 0.3) is 0 Å². The number of rotatable bonds is 2. The maximum atomic E-state index is 13.7. The molecule has 3 aromatic rings. The predicted molar refractivity (Wildman–Crippen MR) is 89.9 cm³/mol. The minimum Gasteiger partial charge on any atom is -0.418 e. The van der Waals surface area contributed by atoms with Crippen molar-refractivity contribution in [3.63, 3.8) is 0 Å². The van der Waals surface area contributed by atoms with E-state index in [9.17, 15) is 27.2 Å². The number of hydrogen-bond acceptors (Lipinski definition) is 4. The second kappa shape index (κ2) is 6.25. The Kier molecular flexibility index (Phi) is 3.98. The number of anilines is 1. The summed E-state index contributed by atoms with van der Waals surface area (Å²) in [6, 6.07) is 3.13. The van der Waals surface area contributed by atoms with Gasteiger partial charge < -0.3 is 15.8 Å². The average Bonchev–Trinajstić information content (AvgIpc) is 3.26. The summed E-state index contributed by atoms with van der Waals surface area (Å²) in [5.41, 5.74) is 7.01. The lowest BCUT2D eigenvalue weighted by molar-refractivity contribution is -0.135. The molecule has 0 fully saturated rings. The number of aromatic nitrogens is 1. The van der Waals surface area contributed by atoms with E-state index in [1.54, 1.807) is 18.2 Å². The van der Waals surface area contributed by atoms with Crippen LogP contribution in [0, 0.1) is 23.3 Å². The molecule has 0 aliphatic carbocycles. The first-order chi connectivity index (χ1) is 13.3. The second-order valence-electron chi connectivity index (χ2n) is 6.17. The van der Waals surface area contributed by atoms with E-state index in [-0.39, 0.29) is 12.5 Å². The highest BCUT2D eigenvalue weighted by Gasteiger charge is 2.32. The number of primary amides is 1. The Morgan fingerprint density at radius 3 is 2.43 bits per heavy atom. The fourth-order valence-corrected chi connectivity index (χ4v) is 3.22. The third-order valence-electron chi connectivity index (χ3n) is 4.52. The summed E-state index contributed by atoms with van der Waals surface area (Å²) in [7, 11) is 0. The smallest absolute Gasteiger partial charge is 0.334 e. The molecule has 1 amide bonds. The van der Waals surface area contributed by atoms with Crippen molar-refractivity contribution in [2.45, 2.75) is 12.5 Å². The number of amides is 1. The summed E-state index contributed by atoms with van der Waals surface area (Å²) in [5.74, 6) is -9.53. The maximum Gasteiger partial charge on any atom is 0.334 e. The average molecular weight is 393 g/mol. The van der Waals surface area contributed by atoms with Gasteiger partial charge in [-0.1, -0.05) is 0 Å². The summed E-state index contributed by atoms with van der Waals surface area (Å²) in [6.45, 7) is 0. The first-order valence-electron chi connectivity index (χ1n) is 8.02. The Hall–Kier alpha value is -3.56. The normalized spacial score (nSPS) is 15.4. The summed E-state index contributed by atoms with van der Waals surface area (Å²) in [6.07, 6.45) is 1.54. The number of nitrogens with two attached hydrogens (primary N) is 1. The molecule has 144 valence electrons. The van der Waals surface area contributed by atoms with Crippen molar-refractivity contribution < 1.29 is 31.9 Å². The Labute approximate surface area is 154 Å². The third kappa shape index (κ3) is 2.65. The Balaban J connectivity index is 1.63. The third-order valence-corrected chi connectivity index (χ3v) is 4.52. The number of halogens is 4. The SMILES string of the molecule is NC(=O)n1ccc2c3c(ccc21)NC(C(=O)Oc1c(F)c(F)cc(F)c1F)C3. The van der Waals surface area contributed by atoms with Gasteiger partial charge in [-0.25, -0.2) is 18.4 Å². The number of fused-ring (bicyclic) bond motifs is 3. The molecule has 3 N–H and O–H groups in total. The van der Waals surface area contributed by atoms with Crippen molar-refractivity contribution in [1.82, 2.24) is 4.57 Å². The summed E-state index contributed by atoms with van der Waals surface area (Å²) >= 11 is 0. The van der Waals surface area contributed by atoms with Crippen molar-refractivity contribution in [3.8, 4) is 5.75 Å². The van der Waals surface area contributed by atoms with E-state index in [0.717, 1.165) is 0 Å². The van der Waals surface area contributed by atoms with Crippen molar-refractivity contribution in [3.05, 3.63) is 59.3 Å². The van der Waals surface area contributed by atoms with Crippen molar-refractivity contribution in [1.29, 1.82) is 0 Å². The molecule has 2 heterocycles. The molecule has 1 aliphatic rings. The van der Waals surface area contributed by atoms with E-state index in [4.69, 9.17) is 5.73 Å². The number of nitrogens with one attached hydrogen (secondary N) is 1. The number of ether oxygens (including phenoxy) is 1. The van der Waals surface area contributed by atoms with E-state index >= 15 is 0 Å². The van der Waals surface area contributed by atoms with E-state index in [1.807, 2.05) is 0 Å². The fraction of sp³-hybridized carbons (Fsp3) is 0.111. The predicted octanol–water partition coefficient (Wildman–Crippen LogP) is 3.07. The molecule has 0 spiro atoms. The Morgan fingerprint density at radius 2 is 1.79 bits per heavy atom. The minimum absolute atomic E-state index is 0.0196. The van der Waals surface area contributed by atoms with E-state index in [1.165, 1.54) is 10.8 Å². The van der Waals surface area contributed by atoms with Crippen LogP contribution in [0.2, 0.25) is 0 Å². The second-order valence-corrected chi connectivity index (χ2v) is 6.17. The van der Waals surface area contributed by atoms with Gasteiger partial charge in [0, 0.05) is 29.8 Å². The molecule has 10 heteroatoms. The Bertz CT molecular complexity index is 1130. The van der Waals surface area contributed by atoms with Crippen LogP contribution in [0.4, 0.5) is 28.0 Å². The topological polar surface area (TPSA) is 86.4 Å². The van der Waals surface area contributed by atoms with Crippen molar-refractivity contribution in [2.75, 3.05) is 5.32 Å².